The lowest BCUT2D eigenvalue weighted by atomic mass is 9.97. The molecule has 2 amide bonds. The first-order chi connectivity index (χ1) is 9.00. The second-order valence-corrected chi connectivity index (χ2v) is 5.41. The minimum atomic E-state index is -0.142. The number of amides is 2. The molecule has 2 rings (SSSR count). The summed E-state index contributed by atoms with van der Waals surface area (Å²) in [5.74, 6) is -0.00736. The lowest BCUT2D eigenvalue weighted by Crippen LogP contribution is -2.36. The van der Waals surface area contributed by atoms with Gasteiger partial charge in [0.05, 0.1) is 0 Å². The zero-order valence-electron chi connectivity index (χ0n) is 11.7. The Morgan fingerprint density at radius 3 is 1.74 bits per heavy atom. The van der Waals surface area contributed by atoms with Gasteiger partial charge < -0.3 is 21.7 Å². The number of hydrogen-bond acceptors (Lipinski definition) is 4. The zero-order valence-corrected chi connectivity index (χ0v) is 11.7. The first-order valence-corrected chi connectivity index (χ1v) is 6.98. The van der Waals surface area contributed by atoms with E-state index in [0.29, 0.717) is 0 Å². The molecule has 19 heavy (non-hydrogen) atoms. The molecule has 6 heteroatoms. The van der Waals surface area contributed by atoms with E-state index in [1.54, 1.807) is 0 Å². The van der Waals surface area contributed by atoms with E-state index in [1.807, 2.05) is 0 Å². The van der Waals surface area contributed by atoms with Crippen LogP contribution in [0.15, 0.2) is 0 Å². The van der Waals surface area contributed by atoms with Crippen molar-refractivity contribution in [3.8, 4) is 0 Å². The van der Waals surface area contributed by atoms with Crippen molar-refractivity contribution in [2.24, 2.45) is 23.3 Å². The lowest BCUT2D eigenvalue weighted by Gasteiger charge is -2.26. The summed E-state index contributed by atoms with van der Waals surface area (Å²) in [6, 6.07) is 0. The van der Waals surface area contributed by atoms with Gasteiger partial charge in [-0.25, -0.2) is 0 Å². The first-order valence-electron chi connectivity index (χ1n) is 6.98. The van der Waals surface area contributed by atoms with Gasteiger partial charge in [0.15, 0.2) is 0 Å². The fraction of sp³-hybridized carbons (Fsp3) is 0.846. The molecule has 0 bridgehead atoms. The summed E-state index contributed by atoms with van der Waals surface area (Å²) in [6.07, 6.45) is 3.70. The van der Waals surface area contributed by atoms with Crippen LogP contribution in [-0.2, 0) is 9.59 Å². The Morgan fingerprint density at radius 2 is 1.37 bits per heavy atom. The van der Waals surface area contributed by atoms with Gasteiger partial charge in [0.25, 0.3) is 0 Å². The minimum Gasteiger partial charge on any atom is -0.369 e. The van der Waals surface area contributed by atoms with Crippen LogP contribution in [0.2, 0.25) is 0 Å². The number of nitrogens with zero attached hydrogens (tertiary/aromatic N) is 1. The van der Waals surface area contributed by atoms with Crippen LogP contribution in [0.1, 0.15) is 25.7 Å². The van der Waals surface area contributed by atoms with Gasteiger partial charge >= 0.3 is 0 Å². The molecule has 0 unspecified atom stereocenters. The fourth-order valence-corrected chi connectivity index (χ4v) is 2.40. The summed E-state index contributed by atoms with van der Waals surface area (Å²) in [5, 5.41) is 3.16. The van der Waals surface area contributed by atoms with E-state index >= 15 is 0 Å². The van der Waals surface area contributed by atoms with Crippen LogP contribution in [-0.4, -0.2) is 49.9 Å². The van der Waals surface area contributed by atoms with E-state index in [2.05, 4.69) is 17.3 Å². The summed E-state index contributed by atoms with van der Waals surface area (Å²) in [4.78, 5) is 23.4. The molecule has 2 fully saturated rings. The number of primary amides is 2. The standard InChI is InChI=1S/C7H14N2O.C6H12N2O/c1-9-4-2-6(3-5-9)7(8)10;7-6(9)5-1-3-8-4-2-5/h6H,2-5H2,1H3,(H2,8,10);5,8H,1-4H2,(H2,7,9). The Balaban J connectivity index is 0.000000191. The molecular formula is C13H26N4O2. The average molecular weight is 270 g/mol. The normalized spacial score (nSPS) is 22.4. The molecule has 0 aromatic heterocycles. The third-order valence-corrected chi connectivity index (χ3v) is 3.86. The maximum atomic E-state index is 10.7. The highest BCUT2D eigenvalue weighted by Gasteiger charge is 2.20. The smallest absolute Gasteiger partial charge is 0.220 e. The summed E-state index contributed by atoms with van der Waals surface area (Å²) >= 11 is 0. The van der Waals surface area contributed by atoms with Crippen LogP contribution < -0.4 is 16.8 Å². The van der Waals surface area contributed by atoms with Crippen molar-refractivity contribution in [3.63, 3.8) is 0 Å². The van der Waals surface area contributed by atoms with Gasteiger partial charge in [0, 0.05) is 11.8 Å². The Bertz CT molecular complexity index is 295. The van der Waals surface area contributed by atoms with Crippen molar-refractivity contribution in [1.29, 1.82) is 0 Å². The maximum absolute atomic E-state index is 10.7. The quantitative estimate of drug-likeness (QED) is 0.616. The molecule has 0 saturated carbocycles. The number of hydrogen-bond donors (Lipinski definition) is 3. The molecule has 0 atom stereocenters. The van der Waals surface area contributed by atoms with Gasteiger partial charge in [0.2, 0.25) is 11.8 Å². The average Bonchev–Trinajstić information content (AvgIpc) is 2.41. The number of carbonyl (C=O) groups is 2. The molecule has 0 aliphatic carbocycles. The van der Waals surface area contributed by atoms with E-state index < -0.39 is 0 Å². The fourth-order valence-electron chi connectivity index (χ4n) is 2.40. The molecule has 0 spiro atoms. The van der Waals surface area contributed by atoms with Crippen molar-refractivity contribution in [2.75, 3.05) is 33.2 Å². The highest BCUT2D eigenvalue weighted by molar-refractivity contribution is 5.77. The monoisotopic (exact) mass is 270 g/mol. The van der Waals surface area contributed by atoms with Crippen molar-refractivity contribution >= 4 is 11.8 Å². The van der Waals surface area contributed by atoms with Gasteiger partial charge in [0.1, 0.15) is 0 Å². The van der Waals surface area contributed by atoms with E-state index in [0.717, 1.165) is 51.9 Å². The largest absolute Gasteiger partial charge is 0.369 e. The highest BCUT2D eigenvalue weighted by Crippen LogP contribution is 2.14. The summed E-state index contributed by atoms with van der Waals surface area (Å²) < 4.78 is 0. The predicted octanol–water partition coefficient (Wildman–Crippen LogP) is -0.715. The van der Waals surface area contributed by atoms with E-state index in [9.17, 15) is 9.59 Å². The SMILES string of the molecule is CN1CCC(C(N)=O)CC1.NC(=O)C1CCNCC1. The van der Waals surface area contributed by atoms with Crippen LogP contribution >= 0.6 is 0 Å². The van der Waals surface area contributed by atoms with Crippen molar-refractivity contribution in [1.82, 2.24) is 10.2 Å². The van der Waals surface area contributed by atoms with Gasteiger partial charge in [-0.15, -0.1) is 0 Å². The molecule has 6 nitrogen and oxygen atoms in total. The Labute approximate surface area is 114 Å². The molecule has 2 heterocycles. The number of nitrogens with two attached hydrogens (primary N) is 2. The predicted molar refractivity (Wildman–Crippen MR) is 74.2 cm³/mol. The summed E-state index contributed by atoms with van der Waals surface area (Å²) in [6.45, 7) is 3.89. The van der Waals surface area contributed by atoms with Crippen LogP contribution in [0.3, 0.4) is 0 Å². The molecule has 110 valence electrons. The molecule has 2 saturated heterocycles. The second kappa shape index (κ2) is 8.12. The number of likely N-dealkylation sites (tertiary alicyclic amines) is 1. The maximum Gasteiger partial charge on any atom is 0.220 e. The Hall–Kier alpha value is -1.14. The number of nitrogens with one attached hydrogen (secondary N) is 1. The molecule has 0 radical (unpaired) electrons. The van der Waals surface area contributed by atoms with E-state index in [1.165, 1.54) is 0 Å². The van der Waals surface area contributed by atoms with E-state index in [-0.39, 0.29) is 23.7 Å². The van der Waals surface area contributed by atoms with Gasteiger partial charge in [-0.05, 0) is 58.9 Å². The molecule has 2 aliphatic heterocycles. The van der Waals surface area contributed by atoms with E-state index in [4.69, 9.17) is 11.5 Å². The van der Waals surface area contributed by atoms with Gasteiger partial charge in [-0.3, -0.25) is 9.59 Å². The Morgan fingerprint density at radius 1 is 0.947 bits per heavy atom. The van der Waals surface area contributed by atoms with Gasteiger partial charge in [-0.2, -0.15) is 0 Å². The highest BCUT2D eigenvalue weighted by atomic mass is 16.1. The van der Waals surface area contributed by atoms with Crippen molar-refractivity contribution in [3.05, 3.63) is 0 Å². The lowest BCUT2D eigenvalue weighted by molar-refractivity contribution is -0.123. The third kappa shape index (κ3) is 6.02. The van der Waals surface area contributed by atoms with Crippen LogP contribution in [0, 0.1) is 11.8 Å². The molecule has 0 aromatic carbocycles. The minimum absolute atomic E-state index is 0.131. The van der Waals surface area contributed by atoms with Crippen molar-refractivity contribution in [2.45, 2.75) is 25.7 Å². The van der Waals surface area contributed by atoms with Crippen LogP contribution in [0.4, 0.5) is 0 Å². The Kier molecular flexibility index (Phi) is 6.80. The van der Waals surface area contributed by atoms with Crippen LogP contribution in [0.25, 0.3) is 0 Å². The molecule has 2 aliphatic rings. The second-order valence-electron chi connectivity index (χ2n) is 5.41. The first kappa shape index (κ1) is 15.9. The summed E-state index contributed by atoms with van der Waals surface area (Å²) in [7, 11) is 2.07. The number of piperidine rings is 2. The molecule has 0 aromatic rings. The van der Waals surface area contributed by atoms with Crippen molar-refractivity contribution < 1.29 is 9.59 Å². The zero-order chi connectivity index (χ0) is 14.3. The number of rotatable bonds is 2. The van der Waals surface area contributed by atoms with Gasteiger partial charge in [-0.1, -0.05) is 0 Å². The third-order valence-electron chi connectivity index (χ3n) is 3.86. The summed E-state index contributed by atoms with van der Waals surface area (Å²) in [5.41, 5.74) is 10.3. The molecule has 5 N–H and O–H groups in total. The van der Waals surface area contributed by atoms with Crippen LogP contribution in [0.5, 0.6) is 0 Å². The number of carbonyl (C=O) groups excluding carboxylic acids is 2. The topological polar surface area (TPSA) is 101 Å². The molecular weight excluding hydrogens is 244 g/mol.